The smallest absolute Gasteiger partial charge is 0.317 e. The summed E-state index contributed by atoms with van der Waals surface area (Å²) in [6.07, 6.45) is 5.12. The summed E-state index contributed by atoms with van der Waals surface area (Å²) in [5.41, 5.74) is 0. The van der Waals surface area contributed by atoms with Crippen molar-refractivity contribution in [3.8, 4) is 0 Å². The molecule has 0 spiro atoms. The van der Waals surface area contributed by atoms with E-state index < -0.39 is 11.9 Å². The maximum Gasteiger partial charge on any atom is 0.317 e. The number of urea groups is 1. The number of carbonyl (C=O) groups excluding carboxylic acids is 1. The number of hydrogen-bond acceptors (Lipinski definition) is 2. The van der Waals surface area contributed by atoms with Gasteiger partial charge in [0.05, 0.1) is 5.92 Å². The third-order valence-corrected chi connectivity index (χ3v) is 4.42. The molecule has 2 amide bonds. The van der Waals surface area contributed by atoms with Gasteiger partial charge in [-0.05, 0) is 25.7 Å². The van der Waals surface area contributed by atoms with Crippen molar-refractivity contribution in [3.63, 3.8) is 0 Å². The highest BCUT2D eigenvalue weighted by Gasteiger charge is 2.38. The molecule has 1 rings (SSSR count). The van der Waals surface area contributed by atoms with E-state index in [1.807, 2.05) is 6.92 Å². The van der Waals surface area contributed by atoms with E-state index >= 15 is 0 Å². The number of carbonyl (C=O) groups is 2. The highest BCUT2D eigenvalue weighted by molar-refractivity contribution is 5.78. The number of amides is 2. The summed E-state index contributed by atoms with van der Waals surface area (Å²) in [6, 6.07) is -0.334. The normalized spacial score (nSPS) is 23.6. The molecule has 3 atom stereocenters. The van der Waals surface area contributed by atoms with Gasteiger partial charge in [0, 0.05) is 19.1 Å². The Labute approximate surface area is 121 Å². The van der Waals surface area contributed by atoms with Crippen LogP contribution in [0.15, 0.2) is 0 Å². The van der Waals surface area contributed by atoms with Crippen LogP contribution in [0.2, 0.25) is 0 Å². The first-order valence-corrected chi connectivity index (χ1v) is 7.78. The molecule has 0 bridgehead atoms. The molecule has 5 nitrogen and oxygen atoms in total. The van der Waals surface area contributed by atoms with Crippen LogP contribution in [0.25, 0.3) is 0 Å². The third kappa shape index (κ3) is 4.39. The third-order valence-electron chi connectivity index (χ3n) is 4.42. The quantitative estimate of drug-likeness (QED) is 0.755. The Morgan fingerprint density at radius 1 is 1.40 bits per heavy atom. The molecule has 20 heavy (non-hydrogen) atoms. The largest absolute Gasteiger partial charge is 0.481 e. The Balaban J connectivity index is 2.41. The number of unbranched alkanes of at least 4 members (excludes halogenated alkanes) is 1. The number of carboxylic acids is 1. The molecule has 0 saturated carbocycles. The number of nitrogens with zero attached hydrogens (tertiary/aromatic N) is 1. The molecule has 1 saturated heterocycles. The molecular formula is C15H28N2O3. The summed E-state index contributed by atoms with van der Waals surface area (Å²) < 4.78 is 0. The Morgan fingerprint density at radius 2 is 2.10 bits per heavy atom. The van der Waals surface area contributed by atoms with E-state index in [9.17, 15) is 9.59 Å². The van der Waals surface area contributed by atoms with Crippen molar-refractivity contribution in [2.24, 2.45) is 11.8 Å². The maximum absolute atomic E-state index is 12.1. The van der Waals surface area contributed by atoms with Crippen LogP contribution in [-0.2, 0) is 4.79 Å². The molecule has 3 unspecified atom stereocenters. The van der Waals surface area contributed by atoms with Gasteiger partial charge in [-0.3, -0.25) is 4.79 Å². The summed E-state index contributed by atoms with van der Waals surface area (Å²) in [6.45, 7) is 7.36. The van der Waals surface area contributed by atoms with E-state index in [1.54, 1.807) is 4.90 Å². The molecule has 116 valence electrons. The molecule has 1 heterocycles. The molecule has 0 aliphatic carbocycles. The minimum absolute atomic E-state index is 0.115. The zero-order valence-corrected chi connectivity index (χ0v) is 12.9. The summed E-state index contributed by atoms with van der Waals surface area (Å²) in [4.78, 5) is 24.9. The van der Waals surface area contributed by atoms with Crippen molar-refractivity contribution in [2.75, 3.05) is 13.1 Å². The first kappa shape index (κ1) is 16.8. The van der Waals surface area contributed by atoms with Gasteiger partial charge < -0.3 is 15.3 Å². The van der Waals surface area contributed by atoms with Crippen LogP contribution in [0.4, 0.5) is 4.79 Å². The van der Waals surface area contributed by atoms with Gasteiger partial charge in [-0.1, -0.05) is 33.1 Å². The van der Waals surface area contributed by atoms with Crippen molar-refractivity contribution in [2.45, 2.75) is 58.9 Å². The van der Waals surface area contributed by atoms with E-state index in [0.29, 0.717) is 25.4 Å². The number of aliphatic carboxylic acids is 1. The number of nitrogens with one attached hydrogen (secondary N) is 1. The second-order valence-electron chi connectivity index (χ2n) is 5.77. The van der Waals surface area contributed by atoms with Gasteiger partial charge in [0.1, 0.15) is 0 Å². The van der Waals surface area contributed by atoms with E-state index in [2.05, 4.69) is 19.2 Å². The monoisotopic (exact) mass is 284 g/mol. The Hall–Kier alpha value is -1.26. The molecule has 2 N–H and O–H groups in total. The maximum atomic E-state index is 12.1. The van der Waals surface area contributed by atoms with Crippen molar-refractivity contribution < 1.29 is 14.7 Å². The topological polar surface area (TPSA) is 69.6 Å². The van der Waals surface area contributed by atoms with E-state index in [0.717, 1.165) is 12.8 Å². The van der Waals surface area contributed by atoms with Gasteiger partial charge in [-0.15, -0.1) is 0 Å². The van der Waals surface area contributed by atoms with Gasteiger partial charge >= 0.3 is 12.0 Å². The molecule has 1 fully saturated rings. The lowest BCUT2D eigenvalue weighted by atomic mass is 9.99. The molecular weight excluding hydrogens is 256 g/mol. The molecule has 0 aromatic rings. The predicted octanol–water partition coefficient (Wildman–Crippen LogP) is 2.71. The Bertz CT molecular complexity index is 333. The lowest BCUT2D eigenvalue weighted by Gasteiger charge is -2.25. The van der Waals surface area contributed by atoms with E-state index in [-0.39, 0.29) is 12.1 Å². The first-order chi connectivity index (χ1) is 9.51. The highest BCUT2D eigenvalue weighted by Crippen LogP contribution is 2.24. The van der Waals surface area contributed by atoms with Gasteiger partial charge in [-0.2, -0.15) is 0 Å². The van der Waals surface area contributed by atoms with Crippen molar-refractivity contribution in [1.29, 1.82) is 0 Å². The minimum atomic E-state index is -0.804. The minimum Gasteiger partial charge on any atom is -0.481 e. The van der Waals surface area contributed by atoms with Crippen LogP contribution in [0.1, 0.15) is 52.9 Å². The highest BCUT2D eigenvalue weighted by atomic mass is 16.4. The fraction of sp³-hybridized carbons (Fsp3) is 0.867. The van der Waals surface area contributed by atoms with Gasteiger partial charge in [0.25, 0.3) is 0 Å². The van der Waals surface area contributed by atoms with Crippen LogP contribution in [0.3, 0.4) is 0 Å². The van der Waals surface area contributed by atoms with E-state index in [4.69, 9.17) is 5.11 Å². The SMILES string of the molecule is CCCCC(CC)CNC(=O)N1CCC(C(=O)O)C1C. The van der Waals surface area contributed by atoms with Crippen molar-refractivity contribution in [3.05, 3.63) is 0 Å². The van der Waals surface area contributed by atoms with Crippen LogP contribution in [-0.4, -0.2) is 41.1 Å². The van der Waals surface area contributed by atoms with Gasteiger partial charge in [0.15, 0.2) is 0 Å². The number of carboxylic acid groups (broad SMARTS) is 1. The number of hydrogen-bond donors (Lipinski definition) is 2. The van der Waals surface area contributed by atoms with Crippen molar-refractivity contribution >= 4 is 12.0 Å². The average Bonchev–Trinajstić information content (AvgIpc) is 2.80. The zero-order chi connectivity index (χ0) is 15.1. The molecule has 5 heteroatoms. The van der Waals surface area contributed by atoms with E-state index in [1.165, 1.54) is 12.8 Å². The average molecular weight is 284 g/mol. The molecule has 0 radical (unpaired) electrons. The summed E-state index contributed by atoms with van der Waals surface area (Å²) in [5.74, 6) is -0.711. The summed E-state index contributed by atoms with van der Waals surface area (Å²) >= 11 is 0. The fourth-order valence-corrected chi connectivity index (χ4v) is 2.83. The van der Waals surface area contributed by atoms with Crippen LogP contribution in [0.5, 0.6) is 0 Å². The van der Waals surface area contributed by atoms with Gasteiger partial charge in [-0.25, -0.2) is 4.79 Å². The lowest BCUT2D eigenvalue weighted by Crippen LogP contribution is -2.45. The second-order valence-corrected chi connectivity index (χ2v) is 5.77. The Kier molecular flexibility index (Phi) is 6.82. The molecule has 0 aromatic carbocycles. The second kappa shape index (κ2) is 8.12. The Morgan fingerprint density at radius 3 is 2.60 bits per heavy atom. The predicted molar refractivity (Wildman–Crippen MR) is 78.6 cm³/mol. The number of likely N-dealkylation sites (tertiary alicyclic amines) is 1. The van der Waals surface area contributed by atoms with Crippen LogP contribution >= 0.6 is 0 Å². The zero-order valence-electron chi connectivity index (χ0n) is 12.9. The van der Waals surface area contributed by atoms with Crippen LogP contribution < -0.4 is 5.32 Å². The molecule has 1 aliphatic rings. The first-order valence-electron chi connectivity index (χ1n) is 7.78. The standard InChI is InChI=1S/C15H28N2O3/c1-4-6-7-12(5-2)10-16-15(20)17-9-8-13(11(17)3)14(18)19/h11-13H,4-10H2,1-3H3,(H,16,20)(H,18,19). The fourth-order valence-electron chi connectivity index (χ4n) is 2.83. The number of rotatable bonds is 7. The van der Waals surface area contributed by atoms with Crippen LogP contribution in [0, 0.1) is 11.8 Å². The molecule has 1 aliphatic heterocycles. The van der Waals surface area contributed by atoms with Crippen molar-refractivity contribution in [1.82, 2.24) is 10.2 Å². The lowest BCUT2D eigenvalue weighted by molar-refractivity contribution is -0.142. The summed E-state index contributed by atoms with van der Waals surface area (Å²) in [7, 11) is 0. The van der Waals surface area contributed by atoms with Gasteiger partial charge in [0.2, 0.25) is 0 Å². The summed E-state index contributed by atoms with van der Waals surface area (Å²) in [5, 5.41) is 12.0. The molecule has 0 aromatic heterocycles.